The summed E-state index contributed by atoms with van der Waals surface area (Å²) in [4.78, 5) is 22.3. The zero-order valence-corrected chi connectivity index (χ0v) is 25.2. The molecular formula is C28H30F3N6O4PS. The molecular weight excluding hydrogens is 604 g/mol. The monoisotopic (exact) mass is 634 g/mol. The summed E-state index contributed by atoms with van der Waals surface area (Å²) >= 11 is 0. The fourth-order valence-electron chi connectivity index (χ4n) is 4.20. The van der Waals surface area contributed by atoms with E-state index in [1.807, 2.05) is 0 Å². The van der Waals surface area contributed by atoms with Crippen LogP contribution in [0.25, 0.3) is 0 Å². The Morgan fingerprint density at radius 1 is 1.00 bits per heavy atom. The van der Waals surface area contributed by atoms with Gasteiger partial charge in [-0.1, -0.05) is 43.3 Å². The molecule has 0 fully saturated rings. The summed E-state index contributed by atoms with van der Waals surface area (Å²) in [6.07, 6.45) is -1.18. The lowest BCUT2D eigenvalue weighted by molar-refractivity contribution is -0.137. The minimum Gasteiger partial charge on any atom is -0.365 e. The van der Waals surface area contributed by atoms with Crippen LogP contribution in [0.15, 0.2) is 73.1 Å². The maximum atomic E-state index is 13.8. The van der Waals surface area contributed by atoms with Gasteiger partial charge in [0.25, 0.3) is 0 Å². The van der Waals surface area contributed by atoms with E-state index in [2.05, 4.69) is 25.6 Å². The second-order valence-electron chi connectivity index (χ2n) is 9.67. The lowest BCUT2D eigenvalue weighted by Gasteiger charge is -2.20. The van der Waals surface area contributed by atoms with Crippen molar-refractivity contribution in [2.75, 3.05) is 34.4 Å². The third-order valence-corrected chi connectivity index (χ3v) is 9.82. The number of alkyl halides is 3. The van der Waals surface area contributed by atoms with Gasteiger partial charge in [0.05, 0.1) is 6.26 Å². The number of anilines is 4. The Balaban J connectivity index is 1.54. The van der Waals surface area contributed by atoms with E-state index in [0.29, 0.717) is 29.2 Å². The Morgan fingerprint density at radius 3 is 2.33 bits per heavy atom. The first-order valence-electron chi connectivity index (χ1n) is 13.0. The fraction of sp³-hybridized carbons (Fsp3) is 0.250. The molecule has 2 aromatic heterocycles. The van der Waals surface area contributed by atoms with Gasteiger partial charge in [-0.3, -0.25) is 8.87 Å². The SMILES string of the molecule is CCP(=O)(O)c1ccccc1Cc1ccc(Nc2ncc(C(F)(F)F)c(NCc3cccnc3N(C)S(C)(=O)=O)n2)cc1. The van der Waals surface area contributed by atoms with E-state index >= 15 is 0 Å². The van der Waals surface area contributed by atoms with Crippen molar-refractivity contribution in [2.24, 2.45) is 0 Å². The van der Waals surface area contributed by atoms with Crippen molar-refractivity contribution in [1.82, 2.24) is 15.0 Å². The normalized spacial score (nSPS) is 13.3. The molecule has 2 heterocycles. The number of nitrogens with zero attached hydrogens (tertiary/aromatic N) is 4. The van der Waals surface area contributed by atoms with Crippen LogP contribution in [0.5, 0.6) is 0 Å². The molecule has 0 saturated carbocycles. The second kappa shape index (κ2) is 12.7. The highest BCUT2D eigenvalue weighted by Crippen LogP contribution is 2.40. The molecule has 10 nitrogen and oxygen atoms in total. The predicted molar refractivity (Wildman–Crippen MR) is 161 cm³/mol. The Labute approximate surface area is 247 Å². The van der Waals surface area contributed by atoms with Gasteiger partial charge < -0.3 is 15.5 Å². The summed E-state index contributed by atoms with van der Waals surface area (Å²) in [6, 6.07) is 17.1. The average Bonchev–Trinajstić information content (AvgIpc) is 2.96. The molecule has 0 amide bonds. The van der Waals surface area contributed by atoms with E-state index in [1.54, 1.807) is 67.6 Å². The molecule has 0 aliphatic carbocycles. The van der Waals surface area contributed by atoms with Crippen molar-refractivity contribution in [3.8, 4) is 0 Å². The summed E-state index contributed by atoms with van der Waals surface area (Å²) in [5.74, 6) is -0.533. The minimum absolute atomic E-state index is 0.0673. The molecule has 0 aliphatic heterocycles. The summed E-state index contributed by atoms with van der Waals surface area (Å²) in [6.45, 7) is 1.47. The number of halogens is 3. The molecule has 4 rings (SSSR count). The topological polar surface area (TPSA) is 137 Å². The van der Waals surface area contributed by atoms with Crippen molar-refractivity contribution >= 4 is 46.0 Å². The zero-order valence-electron chi connectivity index (χ0n) is 23.5. The van der Waals surface area contributed by atoms with Crippen LogP contribution in [0.4, 0.5) is 36.4 Å². The number of hydrogen-bond acceptors (Lipinski definition) is 8. The highest BCUT2D eigenvalue weighted by atomic mass is 32.2. The number of nitrogens with one attached hydrogen (secondary N) is 2. The standard InChI is InChI=1S/C28H30F3N6O4PS/c1-4-42(38,39)24-10-6-5-8-20(24)16-19-11-13-22(14-12-19)35-27-34-18-23(28(29,30)31)25(36-27)33-17-21-9-7-15-32-26(21)37(2)43(3,40)41/h5-15,18H,4,16-17H2,1-3H3,(H,38,39)(H2,33,34,35,36). The fourth-order valence-corrected chi connectivity index (χ4v) is 5.94. The number of pyridine rings is 1. The average molecular weight is 635 g/mol. The smallest absolute Gasteiger partial charge is 0.365 e. The van der Waals surface area contributed by atoms with Crippen LogP contribution in [0.3, 0.4) is 0 Å². The van der Waals surface area contributed by atoms with Gasteiger partial charge in [-0.15, -0.1) is 0 Å². The summed E-state index contributed by atoms with van der Waals surface area (Å²) < 4.78 is 78.9. The van der Waals surface area contributed by atoms with Crippen molar-refractivity contribution in [3.05, 3.63) is 95.3 Å². The molecule has 0 aliphatic rings. The number of benzene rings is 2. The van der Waals surface area contributed by atoms with E-state index in [0.717, 1.165) is 21.7 Å². The molecule has 2 aromatic carbocycles. The van der Waals surface area contributed by atoms with Gasteiger partial charge >= 0.3 is 6.18 Å². The Hall–Kier alpha value is -4.00. The van der Waals surface area contributed by atoms with E-state index < -0.39 is 34.9 Å². The first kappa shape index (κ1) is 31.9. The maximum Gasteiger partial charge on any atom is 0.421 e. The molecule has 228 valence electrons. The van der Waals surface area contributed by atoms with Crippen molar-refractivity contribution in [3.63, 3.8) is 0 Å². The summed E-state index contributed by atoms with van der Waals surface area (Å²) in [5.41, 5.74) is 1.34. The second-order valence-corrected chi connectivity index (χ2v) is 14.2. The summed E-state index contributed by atoms with van der Waals surface area (Å²) in [5, 5.41) is 5.96. The van der Waals surface area contributed by atoms with Gasteiger partial charge in [-0.25, -0.2) is 18.4 Å². The van der Waals surface area contributed by atoms with Gasteiger partial charge in [0.1, 0.15) is 17.2 Å². The predicted octanol–water partition coefficient (Wildman–Crippen LogP) is 5.15. The van der Waals surface area contributed by atoms with Crippen LogP contribution < -0.4 is 20.2 Å². The maximum absolute atomic E-state index is 13.8. The van der Waals surface area contributed by atoms with E-state index in [1.165, 1.54) is 13.2 Å². The van der Waals surface area contributed by atoms with E-state index in [-0.39, 0.29) is 24.5 Å². The lowest BCUT2D eigenvalue weighted by Crippen LogP contribution is -2.27. The van der Waals surface area contributed by atoms with Gasteiger partial charge in [0.2, 0.25) is 23.3 Å². The quantitative estimate of drug-likeness (QED) is 0.191. The highest BCUT2D eigenvalue weighted by Gasteiger charge is 2.35. The Morgan fingerprint density at radius 2 is 1.67 bits per heavy atom. The Bertz CT molecular complexity index is 1750. The molecule has 0 radical (unpaired) electrons. The molecule has 0 bridgehead atoms. The van der Waals surface area contributed by atoms with Crippen LogP contribution in [-0.2, 0) is 33.7 Å². The van der Waals surface area contributed by atoms with Crippen molar-refractivity contribution in [2.45, 2.75) is 26.1 Å². The number of sulfonamides is 1. The lowest BCUT2D eigenvalue weighted by atomic mass is 10.0. The number of aromatic nitrogens is 3. The first-order valence-corrected chi connectivity index (χ1v) is 16.7. The van der Waals surface area contributed by atoms with E-state index in [9.17, 15) is 31.0 Å². The van der Waals surface area contributed by atoms with Gasteiger partial charge in [-0.05, 0) is 41.8 Å². The Kier molecular flexibility index (Phi) is 9.43. The highest BCUT2D eigenvalue weighted by molar-refractivity contribution is 7.92. The van der Waals surface area contributed by atoms with Crippen LogP contribution in [0, 0.1) is 0 Å². The van der Waals surface area contributed by atoms with Crippen LogP contribution in [0.2, 0.25) is 0 Å². The zero-order chi connectivity index (χ0) is 31.4. The third-order valence-electron chi connectivity index (χ3n) is 6.61. The van der Waals surface area contributed by atoms with Crippen LogP contribution in [0.1, 0.15) is 29.2 Å². The van der Waals surface area contributed by atoms with Crippen LogP contribution >= 0.6 is 7.37 Å². The largest absolute Gasteiger partial charge is 0.421 e. The molecule has 0 spiro atoms. The van der Waals surface area contributed by atoms with E-state index in [4.69, 9.17) is 0 Å². The first-order chi connectivity index (χ1) is 20.2. The third kappa shape index (κ3) is 7.89. The molecule has 15 heteroatoms. The number of rotatable bonds is 11. The minimum atomic E-state index is -4.75. The molecule has 3 N–H and O–H groups in total. The van der Waals surface area contributed by atoms with Gasteiger partial charge in [-0.2, -0.15) is 18.2 Å². The molecule has 1 unspecified atom stereocenters. The van der Waals surface area contributed by atoms with Crippen molar-refractivity contribution < 1.29 is 31.0 Å². The molecule has 4 aromatic rings. The van der Waals surface area contributed by atoms with Gasteiger partial charge in [0, 0.05) is 48.7 Å². The van der Waals surface area contributed by atoms with Crippen molar-refractivity contribution in [1.29, 1.82) is 0 Å². The summed E-state index contributed by atoms with van der Waals surface area (Å²) in [7, 11) is -5.83. The van der Waals surface area contributed by atoms with Gasteiger partial charge in [0.15, 0.2) is 0 Å². The van der Waals surface area contributed by atoms with Crippen LogP contribution in [-0.4, -0.2) is 47.7 Å². The number of hydrogen-bond donors (Lipinski definition) is 3. The molecule has 1 atom stereocenters. The molecule has 0 saturated heterocycles. The molecule has 43 heavy (non-hydrogen) atoms.